The molecule has 3 aromatic rings. The van der Waals surface area contributed by atoms with Crippen molar-refractivity contribution < 1.29 is 8.42 Å². The molecule has 1 aliphatic heterocycles. The van der Waals surface area contributed by atoms with Crippen molar-refractivity contribution in [3.05, 3.63) is 49.1 Å². The minimum Gasteiger partial charge on any atom is -0.365 e. The third-order valence-corrected chi connectivity index (χ3v) is 7.27. The number of aromatic nitrogens is 4. The van der Waals surface area contributed by atoms with Crippen molar-refractivity contribution in [1.82, 2.24) is 24.8 Å². The first kappa shape index (κ1) is 22.5. The van der Waals surface area contributed by atoms with E-state index in [9.17, 15) is 8.42 Å². The molecule has 0 spiro atoms. The van der Waals surface area contributed by atoms with Gasteiger partial charge in [0.1, 0.15) is 34.5 Å². The van der Waals surface area contributed by atoms with E-state index in [4.69, 9.17) is 0 Å². The summed E-state index contributed by atoms with van der Waals surface area (Å²) in [5.74, 6) is 1.82. The summed E-state index contributed by atoms with van der Waals surface area (Å²) in [6.07, 6.45) is 8.63. The Kier molecular flexibility index (Phi) is 6.05. The van der Waals surface area contributed by atoms with Gasteiger partial charge in [0.25, 0.3) is 0 Å². The quantitative estimate of drug-likeness (QED) is 0.523. The average Bonchev–Trinajstić information content (AvgIpc) is 3.65. The number of nitrogens with zero attached hydrogens (tertiary/aromatic N) is 6. The Hall–Kier alpha value is -3.31. The summed E-state index contributed by atoms with van der Waals surface area (Å²) in [6, 6.07) is 10.0. The SMILES string of the molecule is CC1CN(C2CC2)CCN1c1ccc(Nc2cc(Nc3ncccc3S(C)(=O)=O)ncn2)nc1. The molecule has 0 amide bonds. The van der Waals surface area contributed by atoms with Gasteiger partial charge in [-0.2, -0.15) is 0 Å². The average molecular weight is 481 g/mol. The number of nitrogens with one attached hydrogen (secondary N) is 2. The van der Waals surface area contributed by atoms with E-state index in [0.29, 0.717) is 23.5 Å². The summed E-state index contributed by atoms with van der Waals surface area (Å²) in [5.41, 5.74) is 1.11. The summed E-state index contributed by atoms with van der Waals surface area (Å²) in [5, 5.41) is 6.14. The second kappa shape index (κ2) is 9.15. The van der Waals surface area contributed by atoms with Crippen LogP contribution in [0.2, 0.25) is 0 Å². The molecule has 11 heteroatoms. The van der Waals surface area contributed by atoms with Gasteiger partial charge in [-0.1, -0.05) is 0 Å². The smallest absolute Gasteiger partial charge is 0.179 e. The monoisotopic (exact) mass is 480 g/mol. The van der Waals surface area contributed by atoms with Crippen molar-refractivity contribution in [2.75, 3.05) is 41.4 Å². The molecule has 1 atom stereocenters. The lowest BCUT2D eigenvalue weighted by Gasteiger charge is -2.41. The number of piperazine rings is 1. The molecule has 4 heterocycles. The first-order valence-corrected chi connectivity index (χ1v) is 13.2. The predicted molar refractivity (Wildman–Crippen MR) is 132 cm³/mol. The third kappa shape index (κ3) is 5.10. The van der Waals surface area contributed by atoms with Crippen molar-refractivity contribution >= 4 is 38.8 Å². The van der Waals surface area contributed by atoms with Crippen molar-refractivity contribution in [2.45, 2.75) is 36.7 Å². The minimum absolute atomic E-state index is 0.104. The Balaban J connectivity index is 1.25. The Labute approximate surface area is 199 Å². The number of hydrogen-bond donors (Lipinski definition) is 2. The minimum atomic E-state index is -3.43. The van der Waals surface area contributed by atoms with Crippen molar-refractivity contribution in [3.8, 4) is 0 Å². The van der Waals surface area contributed by atoms with E-state index < -0.39 is 9.84 Å². The molecular weight excluding hydrogens is 452 g/mol. The lowest BCUT2D eigenvalue weighted by Crippen LogP contribution is -2.52. The van der Waals surface area contributed by atoms with Crippen molar-refractivity contribution in [2.24, 2.45) is 0 Å². The molecule has 2 aliphatic rings. The number of anilines is 5. The first-order valence-electron chi connectivity index (χ1n) is 11.3. The van der Waals surface area contributed by atoms with Crippen LogP contribution in [0.1, 0.15) is 19.8 Å². The van der Waals surface area contributed by atoms with E-state index in [-0.39, 0.29) is 10.7 Å². The fourth-order valence-corrected chi connectivity index (χ4v) is 5.08. The summed E-state index contributed by atoms with van der Waals surface area (Å²) >= 11 is 0. The van der Waals surface area contributed by atoms with Crippen LogP contribution in [0.3, 0.4) is 0 Å². The van der Waals surface area contributed by atoms with Gasteiger partial charge in [0.2, 0.25) is 0 Å². The van der Waals surface area contributed by atoms with Crippen molar-refractivity contribution in [1.29, 1.82) is 0 Å². The highest BCUT2D eigenvalue weighted by Gasteiger charge is 2.34. The maximum absolute atomic E-state index is 12.0. The number of rotatable bonds is 7. The Bertz CT molecular complexity index is 1260. The van der Waals surface area contributed by atoms with Gasteiger partial charge in [-0.3, -0.25) is 4.90 Å². The summed E-state index contributed by atoms with van der Waals surface area (Å²) in [4.78, 5) is 22.3. The van der Waals surface area contributed by atoms with Gasteiger partial charge in [-0.05, 0) is 44.0 Å². The summed E-state index contributed by atoms with van der Waals surface area (Å²) < 4.78 is 24.0. The normalized spacial score (nSPS) is 19.1. The van der Waals surface area contributed by atoms with Crippen LogP contribution in [-0.2, 0) is 9.84 Å². The van der Waals surface area contributed by atoms with Crippen LogP contribution < -0.4 is 15.5 Å². The molecule has 2 fully saturated rings. The van der Waals surface area contributed by atoms with Gasteiger partial charge < -0.3 is 15.5 Å². The molecule has 1 unspecified atom stereocenters. The van der Waals surface area contributed by atoms with Crippen LogP contribution in [-0.4, -0.2) is 71.2 Å². The van der Waals surface area contributed by atoms with Gasteiger partial charge in [0.05, 0.1) is 11.9 Å². The highest BCUT2D eigenvalue weighted by Crippen LogP contribution is 2.30. The van der Waals surface area contributed by atoms with E-state index in [0.717, 1.165) is 37.6 Å². The molecule has 2 N–H and O–H groups in total. The van der Waals surface area contributed by atoms with Gasteiger partial charge >= 0.3 is 0 Å². The van der Waals surface area contributed by atoms with Gasteiger partial charge in [-0.25, -0.2) is 28.4 Å². The van der Waals surface area contributed by atoms with Crippen LogP contribution in [0.5, 0.6) is 0 Å². The fraction of sp³-hybridized carbons (Fsp3) is 0.391. The molecule has 1 saturated carbocycles. The molecule has 10 nitrogen and oxygen atoms in total. The second-order valence-electron chi connectivity index (χ2n) is 8.83. The lowest BCUT2D eigenvalue weighted by atomic mass is 10.1. The number of sulfone groups is 1. The van der Waals surface area contributed by atoms with E-state index in [2.05, 4.69) is 53.4 Å². The molecule has 0 bridgehead atoms. The molecule has 1 aliphatic carbocycles. The second-order valence-corrected chi connectivity index (χ2v) is 10.8. The van der Waals surface area contributed by atoms with Gasteiger partial charge in [-0.15, -0.1) is 0 Å². The standard InChI is InChI=1S/C23H28N8O2S/c1-16-14-30(17-5-6-17)10-11-31(16)18-7-8-20(25-13-18)28-21-12-22(27-15-26-21)29-23-19(34(2,32)33)4-3-9-24-23/h3-4,7-9,12-13,15-17H,5-6,10-11,14H2,1-2H3,(H2,24,25,26,27,28,29). The topological polar surface area (TPSA) is 116 Å². The van der Waals surface area contributed by atoms with Crippen LogP contribution >= 0.6 is 0 Å². The maximum Gasteiger partial charge on any atom is 0.179 e. The molecule has 0 aromatic carbocycles. The zero-order valence-corrected chi connectivity index (χ0v) is 20.0. The number of pyridine rings is 2. The number of hydrogen-bond acceptors (Lipinski definition) is 10. The van der Waals surface area contributed by atoms with Gasteiger partial charge in [0, 0.05) is 50.2 Å². The van der Waals surface area contributed by atoms with Crippen LogP contribution in [0.15, 0.2) is 53.9 Å². The molecule has 1 saturated heterocycles. The Morgan fingerprint density at radius 3 is 2.44 bits per heavy atom. The molecule has 3 aromatic heterocycles. The van der Waals surface area contributed by atoms with Crippen LogP contribution in [0.25, 0.3) is 0 Å². The van der Waals surface area contributed by atoms with E-state index >= 15 is 0 Å². The lowest BCUT2D eigenvalue weighted by molar-refractivity contribution is 0.219. The first-order chi connectivity index (χ1) is 16.4. The zero-order chi connectivity index (χ0) is 23.7. The molecule has 178 valence electrons. The van der Waals surface area contributed by atoms with Gasteiger partial charge in [0.15, 0.2) is 9.84 Å². The summed E-state index contributed by atoms with van der Waals surface area (Å²) in [7, 11) is -3.43. The molecular formula is C23H28N8O2S. The maximum atomic E-state index is 12.0. The van der Waals surface area contributed by atoms with Crippen LogP contribution in [0.4, 0.5) is 29.0 Å². The van der Waals surface area contributed by atoms with E-state index in [1.165, 1.54) is 31.4 Å². The Morgan fingerprint density at radius 1 is 0.971 bits per heavy atom. The van der Waals surface area contributed by atoms with Crippen LogP contribution in [0, 0.1) is 0 Å². The zero-order valence-electron chi connectivity index (χ0n) is 19.2. The van der Waals surface area contributed by atoms with E-state index in [1.807, 2.05) is 12.3 Å². The molecule has 34 heavy (non-hydrogen) atoms. The fourth-order valence-electron chi connectivity index (χ4n) is 4.30. The predicted octanol–water partition coefficient (Wildman–Crippen LogP) is 2.83. The van der Waals surface area contributed by atoms with E-state index in [1.54, 1.807) is 12.1 Å². The largest absolute Gasteiger partial charge is 0.365 e. The Morgan fingerprint density at radius 2 is 1.76 bits per heavy atom. The highest BCUT2D eigenvalue weighted by molar-refractivity contribution is 7.90. The third-order valence-electron chi connectivity index (χ3n) is 6.14. The van der Waals surface area contributed by atoms with Crippen molar-refractivity contribution in [3.63, 3.8) is 0 Å². The molecule has 5 rings (SSSR count). The highest BCUT2D eigenvalue weighted by atomic mass is 32.2. The summed E-state index contributed by atoms with van der Waals surface area (Å²) in [6.45, 7) is 5.48. The molecule has 0 radical (unpaired) electrons.